The quantitative estimate of drug-likeness (QED) is 0.468. The van der Waals surface area contributed by atoms with Gasteiger partial charge in [0.2, 0.25) is 5.91 Å². The molecule has 0 radical (unpaired) electrons. The Labute approximate surface area is 170 Å². The van der Waals surface area contributed by atoms with E-state index in [0.717, 1.165) is 5.56 Å². The molecule has 0 fully saturated rings. The SMILES string of the molecule is CCOP(=O)(OCC)c1ccc(N(C)C(=O)C(Cc2ccccc2)C(=O)O)cc1. The van der Waals surface area contributed by atoms with Crippen molar-refractivity contribution < 1.29 is 28.3 Å². The zero-order valence-corrected chi connectivity index (χ0v) is 17.7. The van der Waals surface area contributed by atoms with Gasteiger partial charge in [0.05, 0.1) is 18.5 Å². The second kappa shape index (κ2) is 10.3. The van der Waals surface area contributed by atoms with Crippen LogP contribution in [0.4, 0.5) is 5.69 Å². The number of nitrogens with zero attached hydrogens (tertiary/aromatic N) is 1. The van der Waals surface area contributed by atoms with Crippen molar-refractivity contribution >= 4 is 30.5 Å². The Morgan fingerprint density at radius 3 is 2.03 bits per heavy atom. The molecule has 0 heterocycles. The van der Waals surface area contributed by atoms with E-state index in [9.17, 15) is 19.3 Å². The molecule has 2 aromatic carbocycles. The second-order valence-corrected chi connectivity index (χ2v) is 8.35. The van der Waals surface area contributed by atoms with Crippen LogP contribution in [0.2, 0.25) is 0 Å². The normalized spacial score (nSPS) is 12.4. The molecule has 0 bridgehead atoms. The van der Waals surface area contributed by atoms with Crippen LogP contribution in [0, 0.1) is 5.92 Å². The fourth-order valence-electron chi connectivity index (χ4n) is 2.88. The highest BCUT2D eigenvalue weighted by atomic mass is 31.2. The lowest BCUT2D eigenvalue weighted by atomic mass is 9.98. The summed E-state index contributed by atoms with van der Waals surface area (Å²) in [5.41, 5.74) is 1.25. The van der Waals surface area contributed by atoms with Crippen LogP contribution in [0.25, 0.3) is 0 Å². The summed E-state index contributed by atoms with van der Waals surface area (Å²) in [7, 11) is -1.91. The second-order valence-electron chi connectivity index (χ2n) is 6.33. The van der Waals surface area contributed by atoms with E-state index < -0.39 is 25.4 Å². The van der Waals surface area contributed by atoms with Crippen molar-refractivity contribution in [2.45, 2.75) is 20.3 Å². The third-order valence-corrected chi connectivity index (χ3v) is 6.49. The molecule has 0 aromatic heterocycles. The summed E-state index contributed by atoms with van der Waals surface area (Å²) in [6.07, 6.45) is 0.0985. The minimum atomic E-state index is -3.42. The van der Waals surface area contributed by atoms with Crippen molar-refractivity contribution in [2.24, 2.45) is 5.92 Å². The number of hydrogen-bond donors (Lipinski definition) is 1. The molecule has 2 rings (SSSR count). The van der Waals surface area contributed by atoms with Crippen molar-refractivity contribution in [2.75, 3.05) is 25.2 Å². The molecule has 156 valence electrons. The van der Waals surface area contributed by atoms with Crippen molar-refractivity contribution in [3.05, 3.63) is 60.2 Å². The average molecular weight is 419 g/mol. The molecule has 1 N–H and O–H groups in total. The van der Waals surface area contributed by atoms with Crippen LogP contribution in [0.1, 0.15) is 19.4 Å². The van der Waals surface area contributed by atoms with E-state index in [2.05, 4.69) is 0 Å². The van der Waals surface area contributed by atoms with Gasteiger partial charge in [-0.1, -0.05) is 30.3 Å². The number of anilines is 1. The monoisotopic (exact) mass is 419 g/mol. The van der Waals surface area contributed by atoms with Crippen molar-refractivity contribution in [1.82, 2.24) is 0 Å². The minimum absolute atomic E-state index is 0.0985. The van der Waals surface area contributed by atoms with Crippen molar-refractivity contribution in [3.8, 4) is 0 Å². The van der Waals surface area contributed by atoms with Gasteiger partial charge >= 0.3 is 13.6 Å². The Balaban J connectivity index is 2.21. The van der Waals surface area contributed by atoms with E-state index in [-0.39, 0.29) is 19.6 Å². The number of aliphatic carboxylic acids is 1. The molecule has 0 aliphatic carbocycles. The lowest BCUT2D eigenvalue weighted by molar-refractivity contribution is -0.146. The summed E-state index contributed by atoms with van der Waals surface area (Å²) in [4.78, 5) is 25.8. The van der Waals surface area contributed by atoms with Gasteiger partial charge in [-0.05, 0) is 50.1 Å². The molecular formula is C21H26NO6P. The molecule has 0 spiro atoms. The highest BCUT2D eigenvalue weighted by Gasteiger charge is 2.31. The van der Waals surface area contributed by atoms with E-state index in [4.69, 9.17) is 9.05 Å². The van der Waals surface area contributed by atoms with E-state index in [1.165, 1.54) is 11.9 Å². The lowest BCUT2D eigenvalue weighted by Gasteiger charge is -2.23. The Kier molecular flexibility index (Phi) is 8.14. The first-order chi connectivity index (χ1) is 13.8. The van der Waals surface area contributed by atoms with Gasteiger partial charge in [0.1, 0.15) is 5.92 Å². The number of rotatable bonds is 10. The fourth-order valence-corrected chi connectivity index (χ4v) is 4.44. The molecule has 8 heteroatoms. The molecule has 1 amide bonds. The Morgan fingerprint density at radius 1 is 1.00 bits per heavy atom. The van der Waals surface area contributed by atoms with Crippen LogP contribution < -0.4 is 10.2 Å². The van der Waals surface area contributed by atoms with Gasteiger partial charge in [0, 0.05) is 12.7 Å². The summed E-state index contributed by atoms with van der Waals surface area (Å²) < 4.78 is 23.5. The lowest BCUT2D eigenvalue weighted by Crippen LogP contribution is -2.38. The first kappa shape index (κ1) is 22.8. The minimum Gasteiger partial charge on any atom is -0.481 e. The van der Waals surface area contributed by atoms with Gasteiger partial charge in [-0.2, -0.15) is 0 Å². The summed E-state index contributed by atoms with van der Waals surface area (Å²) >= 11 is 0. The van der Waals surface area contributed by atoms with Crippen LogP contribution in [-0.4, -0.2) is 37.2 Å². The molecule has 0 saturated heterocycles. The number of carbonyl (C=O) groups is 2. The van der Waals surface area contributed by atoms with Crippen molar-refractivity contribution in [3.63, 3.8) is 0 Å². The van der Waals surface area contributed by atoms with Crippen LogP contribution in [0.5, 0.6) is 0 Å². The molecule has 0 aliphatic heterocycles. The summed E-state index contributed by atoms with van der Waals surface area (Å²) in [5.74, 6) is -2.92. The van der Waals surface area contributed by atoms with Gasteiger partial charge in [-0.3, -0.25) is 14.2 Å². The zero-order chi connectivity index (χ0) is 21.4. The Morgan fingerprint density at radius 2 is 1.55 bits per heavy atom. The van der Waals surface area contributed by atoms with Gasteiger partial charge in [-0.25, -0.2) is 0 Å². The summed E-state index contributed by atoms with van der Waals surface area (Å²) in [6, 6.07) is 15.3. The Bertz CT molecular complexity index is 858. The third-order valence-electron chi connectivity index (χ3n) is 4.36. The maximum Gasteiger partial charge on any atom is 0.361 e. The number of benzene rings is 2. The number of hydrogen-bond acceptors (Lipinski definition) is 5. The standard InChI is InChI=1S/C21H26NO6P/c1-4-27-29(26,28-5-2)18-13-11-17(12-14-18)22(3)20(23)19(21(24)25)15-16-9-7-6-8-10-16/h6-14,19H,4-5,15H2,1-3H3,(H,24,25). The molecule has 1 unspecified atom stereocenters. The molecule has 0 aliphatic rings. The number of carboxylic acids is 1. The van der Waals surface area contributed by atoms with Gasteiger partial charge in [0.15, 0.2) is 0 Å². The highest BCUT2D eigenvalue weighted by molar-refractivity contribution is 7.62. The van der Waals surface area contributed by atoms with Crippen LogP contribution >= 0.6 is 7.60 Å². The molecule has 1 atom stereocenters. The number of amides is 1. The van der Waals surface area contributed by atoms with E-state index in [1.807, 2.05) is 6.07 Å². The zero-order valence-electron chi connectivity index (χ0n) is 16.8. The molecule has 29 heavy (non-hydrogen) atoms. The van der Waals surface area contributed by atoms with Gasteiger partial charge in [0.25, 0.3) is 0 Å². The predicted molar refractivity (Wildman–Crippen MR) is 112 cm³/mol. The van der Waals surface area contributed by atoms with Crippen LogP contribution in [-0.2, 0) is 29.6 Å². The van der Waals surface area contributed by atoms with Gasteiger partial charge < -0.3 is 19.1 Å². The molecule has 7 nitrogen and oxygen atoms in total. The first-order valence-corrected chi connectivity index (χ1v) is 10.9. The maximum absolute atomic E-state index is 12.8. The largest absolute Gasteiger partial charge is 0.481 e. The molecule has 2 aromatic rings. The van der Waals surface area contributed by atoms with Crippen molar-refractivity contribution in [1.29, 1.82) is 0 Å². The van der Waals surface area contributed by atoms with Crippen LogP contribution in [0.15, 0.2) is 54.6 Å². The Hall–Kier alpha value is -2.47. The average Bonchev–Trinajstić information content (AvgIpc) is 2.72. The molecular weight excluding hydrogens is 393 g/mol. The predicted octanol–water partition coefficient (Wildman–Crippen LogP) is 3.48. The number of carboxylic acid groups (broad SMARTS) is 1. The molecule has 0 saturated carbocycles. The first-order valence-electron chi connectivity index (χ1n) is 9.36. The fraction of sp³-hybridized carbons (Fsp3) is 0.333. The van der Waals surface area contributed by atoms with E-state index in [0.29, 0.717) is 11.0 Å². The van der Waals surface area contributed by atoms with Crippen LogP contribution in [0.3, 0.4) is 0 Å². The summed E-state index contributed by atoms with van der Waals surface area (Å²) in [6.45, 7) is 3.92. The summed E-state index contributed by atoms with van der Waals surface area (Å²) in [5, 5.41) is 9.93. The number of carbonyl (C=O) groups excluding carboxylic acids is 1. The maximum atomic E-state index is 12.8. The highest BCUT2D eigenvalue weighted by Crippen LogP contribution is 2.46. The third kappa shape index (κ3) is 5.76. The van der Waals surface area contributed by atoms with Gasteiger partial charge in [-0.15, -0.1) is 0 Å². The van der Waals surface area contributed by atoms with E-state index in [1.54, 1.807) is 62.4 Å². The topological polar surface area (TPSA) is 93.1 Å². The smallest absolute Gasteiger partial charge is 0.361 e. The van der Waals surface area contributed by atoms with E-state index >= 15 is 0 Å².